The van der Waals surface area contributed by atoms with Gasteiger partial charge in [0.15, 0.2) is 11.3 Å². The Hall–Kier alpha value is -2.95. The Morgan fingerprint density at radius 1 is 1.11 bits per heavy atom. The summed E-state index contributed by atoms with van der Waals surface area (Å²) in [6.07, 6.45) is 3.77. The Morgan fingerprint density at radius 3 is 2.41 bits per heavy atom. The molecule has 0 amide bonds. The van der Waals surface area contributed by atoms with Gasteiger partial charge in [0.25, 0.3) is 0 Å². The van der Waals surface area contributed by atoms with Crippen molar-refractivity contribution in [3.05, 3.63) is 63.6 Å². The Kier molecular flexibility index (Phi) is 5.13. The van der Waals surface area contributed by atoms with Gasteiger partial charge in [-0.25, -0.2) is 9.78 Å². The van der Waals surface area contributed by atoms with Crippen molar-refractivity contribution < 1.29 is 9.53 Å². The SMILES string of the molecule is CCOC(=O)c1c(C)nc2c(N=Cc3c(C)cc(C)cc3C)cc(C)cn12. The Balaban J connectivity index is 2.13. The van der Waals surface area contributed by atoms with Crippen molar-refractivity contribution in [2.75, 3.05) is 6.61 Å². The fourth-order valence-electron chi connectivity index (χ4n) is 3.44. The minimum atomic E-state index is -0.367. The van der Waals surface area contributed by atoms with Crippen molar-refractivity contribution in [2.45, 2.75) is 41.5 Å². The summed E-state index contributed by atoms with van der Waals surface area (Å²) in [5.41, 5.74) is 8.19. The van der Waals surface area contributed by atoms with Crippen LogP contribution in [0.3, 0.4) is 0 Å². The summed E-state index contributed by atoms with van der Waals surface area (Å²) < 4.78 is 6.97. The average molecular weight is 363 g/mol. The van der Waals surface area contributed by atoms with E-state index in [0.717, 1.165) is 16.8 Å². The zero-order valence-corrected chi connectivity index (χ0v) is 16.8. The van der Waals surface area contributed by atoms with Crippen LogP contribution in [0, 0.1) is 34.6 Å². The predicted octanol–water partition coefficient (Wildman–Crippen LogP) is 4.80. The molecule has 0 fully saturated rings. The van der Waals surface area contributed by atoms with Crippen molar-refractivity contribution >= 4 is 23.5 Å². The lowest BCUT2D eigenvalue weighted by Crippen LogP contribution is -2.09. The van der Waals surface area contributed by atoms with Gasteiger partial charge in [0.1, 0.15) is 5.69 Å². The fraction of sp³-hybridized carbons (Fsp3) is 0.318. The normalized spacial score (nSPS) is 11.5. The summed E-state index contributed by atoms with van der Waals surface area (Å²) in [4.78, 5) is 21.6. The summed E-state index contributed by atoms with van der Waals surface area (Å²) in [5.74, 6) is -0.367. The molecule has 3 aromatic rings. The maximum absolute atomic E-state index is 12.3. The quantitative estimate of drug-likeness (QED) is 0.494. The summed E-state index contributed by atoms with van der Waals surface area (Å²) in [7, 11) is 0. The lowest BCUT2D eigenvalue weighted by atomic mass is 10.0. The van der Waals surface area contributed by atoms with Crippen molar-refractivity contribution in [3.8, 4) is 0 Å². The van der Waals surface area contributed by atoms with Crippen LogP contribution in [0.5, 0.6) is 0 Å². The van der Waals surface area contributed by atoms with Gasteiger partial charge >= 0.3 is 5.97 Å². The highest BCUT2D eigenvalue weighted by Gasteiger charge is 2.19. The topological polar surface area (TPSA) is 56.0 Å². The zero-order chi connectivity index (χ0) is 19.7. The number of hydrogen-bond donors (Lipinski definition) is 0. The van der Waals surface area contributed by atoms with Gasteiger partial charge in [0.05, 0.1) is 12.3 Å². The number of esters is 1. The van der Waals surface area contributed by atoms with E-state index in [2.05, 4.69) is 37.9 Å². The number of benzene rings is 1. The maximum atomic E-state index is 12.3. The second-order valence-electron chi connectivity index (χ2n) is 6.93. The first-order valence-electron chi connectivity index (χ1n) is 9.10. The number of ether oxygens (including phenoxy) is 1. The summed E-state index contributed by atoms with van der Waals surface area (Å²) in [5, 5.41) is 0. The van der Waals surface area contributed by atoms with Crippen molar-refractivity contribution in [1.82, 2.24) is 9.38 Å². The first-order chi connectivity index (χ1) is 12.8. The minimum Gasteiger partial charge on any atom is -0.461 e. The molecular weight excluding hydrogens is 338 g/mol. The molecule has 2 heterocycles. The molecule has 0 saturated heterocycles. The molecule has 0 radical (unpaired) electrons. The third kappa shape index (κ3) is 3.63. The third-order valence-corrected chi connectivity index (χ3v) is 4.55. The van der Waals surface area contributed by atoms with Crippen LogP contribution in [-0.2, 0) is 4.74 Å². The molecule has 0 bridgehead atoms. The smallest absolute Gasteiger partial charge is 0.357 e. The molecule has 2 aromatic heterocycles. The van der Waals surface area contributed by atoms with E-state index in [-0.39, 0.29) is 5.97 Å². The van der Waals surface area contributed by atoms with E-state index in [0.29, 0.717) is 23.6 Å². The van der Waals surface area contributed by atoms with Gasteiger partial charge in [-0.05, 0) is 69.9 Å². The lowest BCUT2D eigenvalue weighted by Gasteiger charge is -2.08. The highest BCUT2D eigenvalue weighted by molar-refractivity contribution is 5.92. The van der Waals surface area contributed by atoms with Crippen LogP contribution in [-0.4, -0.2) is 28.2 Å². The van der Waals surface area contributed by atoms with Crippen LogP contribution >= 0.6 is 0 Å². The minimum absolute atomic E-state index is 0.328. The second-order valence-corrected chi connectivity index (χ2v) is 6.93. The van der Waals surface area contributed by atoms with Gasteiger partial charge in [-0.2, -0.15) is 0 Å². The van der Waals surface area contributed by atoms with Crippen LogP contribution < -0.4 is 0 Å². The van der Waals surface area contributed by atoms with Crippen LogP contribution in [0.4, 0.5) is 5.69 Å². The van der Waals surface area contributed by atoms with E-state index in [1.54, 1.807) is 11.3 Å². The fourth-order valence-corrected chi connectivity index (χ4v) is 3.44. The molecule has 0 saturated carbocycles. The molecule has 1 aromatic carbocycles. The monoisotopic (exact) mass is 363 g/mol. The highest BCUT2D eigenvalue weighted by atomic mass is 16.5. The van der Waals surface area contributed by atoms with E-state index < -0.39 is 0 Å². The van der Waals surface area contributed by atoms with Gasteiger partial charge in [-0.1, -0.05) is 17.7 Å². The van der Waals surface area contributed by atoms with Crippen LogP contribution in [0.15, 0.2) is 29.4 Å². The summed E-state index contributed by atoms with van der Waals surface area (Å²) >= 11 is 0. The Morgan fingerprint density at radius 2 is 1.78 bits per heavy atom. The van der Waals surface area contributed by atoms with Gasteiger partial charge in [0, 0.05) is 12.4 Å². The van der Waals surface area contributed by atoms with Gasteiger partial charge < -0.3 is 4.74 Å². The molecule has 5 heteroatoms. The van der Waals surface area contributed by atoms with E-state index in [1.807, 2.05) is 32.3 Å². The average Bonchev–Trinajstić information content (AvgIpc) is 2.89. The van der Waals surface area contributed by atoms with Crippen LogP contribution in [0.2, 0.25) is 0 Å². The number of carbonyl (C=O) groups excluding carboxylic acids is 1. The highest BCUT2D eigenvalue weighted by Crippen LogP contribution is 2.25. The number of aryl methyl sites for hydroxylation is 5. The van der Waals surface area contributed by atoms with Crippen LogP contribution in [0.1, 0.15) is 50.9 Å². The molecule has 0 atom stereocenters. The van der Waals surface area contributed by atoms with Crippen LogP contribution in [0.25, 0.3) is 5.65 Å². The summed E-state index contributed by atoms with van der Waals surface area (Å²) in [6.45, 7) is 12.2. The second kappa shape index (κ2) is 7.35. The number of aromatic nitrogens is 2. The van der Waals surface area contributed by atoms with Gasteiger partial charge in [-0.3, -0.25) is 9.39 Å². The molecule has 0 aliphatic carbocycles. The standard InChI is InChI=1S/C22H25N3O2/c1-7-27-22(26)20-17(6)24-21-19(10-14(3)12-25(20)21)23-11-18-15(4)8-13(2)9-16(18)5/h8-12H,7H2,1-6H3. The largest absolute Gasteiger partial charge is 0.461 e. The van der Waals surface area contributed by atoms with Crippen molar-refractivity contribution in [3.63, 3.8) is 0 Å². The molecule has 140 valence electrons. The van der Waals surface area contributed by atoms with E-state index in [4.69, 9.17) is 9.73 Å². The number of hydrogen-bond acceptors (Lipinski definition) is 4. The molecule has 5 nitrogen and oxygen atoms in total. The molecule has 0 aliphatic rings. The number of imidazole rings is 1. The number of nitrogens with zero attached hydrogens (tertiary/aromatic N) is 3. The lowest BCUT2D eigenvalue weighted by molar-refractivity contribution is 0.0517. The van der Waals surface area contributed by atoms with E-state index >= 15 is 0 Å². The van der Waals surface area contributed by atoms with E-state index in [1.165, 1.54) is 16.7 Å². The van der Waals surface area contributed by atoms with Gasteiger partial charge in [-0.15, -0.1) is 0 Å². The molecule has 0 spiro atoms. The first kappa shape index (κ1) is 18.8. The molecule has 0 aliphatic heterocycles. The first-order valence-corrected chi connectivity index (χ1v) is 9.10. The molecule has 0 unspecified atom stereocenters. The Bertz CT molecular complexity index is 1040. The number of fused-ring (bicyclic) bond motifs is 1. The number of rotatable bonds is 4. The third-order valence-electron chi connectivity index (χ3n) is 4.55. The maximum Gasteiger partial charge on any atom is 0.357 e. The summed E-state index contributed by atoms with van der Waals surface area (Å²) in [6, 6.07) is 6.28. The number of pyridine rings is 1. The number of carbonyl (C=O) groups is 1. The molecule has 0 N–H and O–H groups in total. The number of aliphatic imine (C=N–C) groups is 1. The predicted molar refractivity (Wildman–Crippen MR) is 109 cm³/mol. The zero-order valence-electron chi connectivity index (χ0n) is 16.8. The molecule has 3 rings (SSSR count). The van der Waals surface area contributed by atoms with Crippen molar-refractivity contribution in [1.29, 1.82) is 0 Å². The molecular formula is C22H25N3O2. The molecule has 27 heavy (non-hydrogen) atoms. The van der Waals surface area contributed by atoms with E-state index in [9.17, 15) is 4.79 Å². The van der Waals surface area contributed by atoms with Crippen molar-refractivity contribution in [2.24, 2.45) is 4.99 Å². The van der Waals surface area contributed by atoms with Gasteiger partial charge in [0.2, 0.25) is 0 Å². The Labute approximate surface area is 159 Å².